The molecule has 3 saturated carbocycles. The number of carbonyl (C=O) groups is 1. The van der Waals surface area contributed by atoms with Crippen molar-refractivity contribution >= 4 is 5.78 Å². The third kappa shape index (κ3) is 1.78. The van der Waals surface area contributed by atoms with Gasteiger partial charge in [-0.1, -0.05) is 19.4 Å². The maximum atomic E-state index is 12.0. The van der Waals surface area contributed by atoms with Crippen molar-refractivity contribution in [3.8, 4) is 0 Å². The molecule has 0 heterocycles. The van der Waals surface area contributed by atoms with Crippen molar-refractivity contribution in [2.75, 3.05) is 0 Å². The zero-order chi connectivity index (χ0) is 19.3. The highest BCUT2D eigenvalue weighted by atomic mass is 16.3. The molecular formula is C19H28O2. The van der Waals surface area contributed by atoms with Crippen LogP contribution in [0.25, 0.3) is 0 Å². The van der Waals surface area contributed by atoms with Crippen LogP contribution in [-0.4, -0.2) is 17.0 Å². The highest BCUT2D eigenvalue weighted by Crippen LogP contribution is 2.65. The summed E-state index contributed by atoms with van der Waals surface area (Å²) in [6.45, 7) is 3.85. The van der Waals surface area contributed by atoms with Gasteiger partial charge < -0.3 is 5.11 Å². The predicted octanol–water partition coefficient (Wildman–Crippen LogP) is 3.88. The van der Waals surface area contributed by atoms with Gasteiger partial charge in [-0.15, -0.1) is 0 Å². The number of allylic oxidation sites excluding steroid dienone is 1. The first-order valence-electron chi connectivity index (χ1n) is 10.8. The van der Waals surface area contributed by atoms with Crippen molar-refractivity contribution in [3.63, 3.8) is 0 Å². The fourth-order valence-electron chi connectivity index (χ4n) is 5.49. The Morgan fingerprint density at radius 3 is 2.95 bits per heavy atom. The number of aliphatic hydroxyl groups is 1. The molecule has 0 aliphatic heterocycles. The van der Waals surface area contributed by atoms with E-state index in [4.69, 9.17) is 6.85 Å². The molecule has 0 aromatic heterocycles. The summed E-state index contributed by atoms with van der Waals surface area (Å²) < 4.78 is 42.2. The smallest absolute Gasteiger partial charge is 0.155 e. The van der Waals surface area contributed by atoms with Crippen LogP contribution < -0.4 is 0 Å². The molecule has 4 rings (SSSR count). The van der Waals surface area contributed by atoms with Crippen LogP contribution in [0.5, 0.6) is 0 Å². The van der Waals surface area contributed by atoms with Crippen LogP contribution in [0.4, 0.5) is 0 Å². The van der Waals surface area contributed by atoms with E-state index in [9.17, 15) is 9.90 Å². The van der Waals surface area contributed by atoms with E-state index in [2.05, 4.69) is 0 Å². The van der Waals surface area contributed by atoms with Crippen LogP contribution in [0.1, 0.15) is 72.0 Å². The summed E-state index contributed by atoms with van der Waals surface area (Å²) in [6, 6.07) is 0. The molecule has 116 valence electrons. The lowest BCUT2D eigenvalue weighted by atomic mass is 9.47. The van der Waals surface area contributed by atoms with E-state index < -0.39 is 36.1 Å². The Morgan fingerprint density at radius 2 is 2.14 bits per heavy atom. The first kappa shape index (κ1) is 9.50. The Morgan fingerprint density at radius 1 is 1.33 bits per heavy atom. The van der Waals surface area contributed by atoms with Crippen LogP contribution in [0, 0.1) is 28.6 Å². The molecule has 0 spiro atoms. The minimum absolute atomic E-state index is 0.00824. The molecule has 3 fully saturated rings. The second-order valence-electron chi connectivity index (χ2n) is 7.76. The van der Waals surface area contributed by atoms with Crippen molar-refractivity contribution in [1.82, 2.24) is 0 Å². The summed E-state index contributed by atoms with van der Waals surface area (Å²) in [5.41, 5.74) is -0.600. The minimum Gasteiger partial charge on any atom is -0.393 e. The van der Waals surface area contributed by atoms with Gasteiger partial charge in [-0.2, -0.15) is 0 Å². The van der Waals surface area contributed by atoms with Crippen molar-refractivity contribution in [3.05, 3.63) is 11.6 Å². The topological polar surface area (TPSA) is 37.3 Å². The number of fused-ring (bicyclic) bond motifs is 5. The Hall–Kier alpha value is -0.630. The SMILES string of the molecule is [2H][C@@H]1CC2C(CC[C@@]3(C)C2CC([2H])([2H])[C@]3([2H])O)[C@]2(C)C1=CC(=O)C[C@@H]2[2H]. The van der Waals surface area contributed by atoms with E-state index in [1.165, 1.54) is 0 Å². The molecular weight excluding hydrogens is 260 g/mol. The molecule has 0 aromatic carbocycles. The Balaban J connectivity index is 1.79. The van der Waals surface area contributed by atoms with Gasteiger partial charge in [0.1, 0.15) is 0 Å². The molecule has 0 bridgehead atoms. The fraction of sp³-hybridized carbons (Fsp3) is 0.842. The highest BCUT2D eigenvalue weighted by Gasteiger charge is 2.58. The number of hydrogen-bond acceptors (Lipinski definition) is 2. The molecule has 0 aromatic rings. The standard InChI is InChI=1S/C19H28O2/c1-18-9-7-13(20)11-12(18)3-4-14-15-5-6-17(21)19(15,2)10-8-16(14)18/h11,14-17,21H,3-10H2,1-2H3/t14?,15?,16?,17-,18-,19-/m0/s1/i3D,6D2,9D,17D/t3-,9+,14?,15?,16?,17+,18+,19+/m1. The van der Waals surface area contributed by atoms with Crippen LogP contribution in [0.2, 0.25) is 0 Å². The van der Waals surface area contributed by atoms with Crippen molar-refractivity contribution in [1.29, 1.82) is 0 Å². The maximum absolute atomic E-state index is 12.0. The molecule has 2 heteroatoms. The lowest BCUT2D eigenvalue weighted by molar-refractivity contribution is -0.118. The fourth-order valence-corrected chi connectivity index (χ4v) is 5.49. The normalized spacial score (nSPS) is 69.1. The average molecular weight is 293 g/mol. The molecule has 0 radical (unpaired) electrons. The van der Waals surface area contributed by atoms with Crippen LogP contribution in [0.15, 0.2) is 11.6 Å². The third-order valence-corrected chi connectivity index (χ3v) is 6.90. The summed E-state index contributed by atoms with van der Waals surface area (Å²) in [4.78, 5) is 12.0. The van der Waals surface area contributed by atoms with Gasteiger partial charge >= 0.3 is 0 Å². The molecule has 0 saturated heterocycles. The number of ketones is 1. The van der Waals surface area contributed by atoms with Crippen molar-refractivity contribution in [2.45, 2.75) is 71.2 Å². The highest BCUT2D eigenvalue weighted by molar-refractivity contribution is 5.91. The summed E-state index contributed by atoms with van der Waals surface area (Å²) >= 11 is 0. The van der Waals surface area contributed by atoms with Gasteiger partial charge in [0.15, 0.2) is 5.78 Å². The summed E-state index contributed by atoms with van der Waals surface area (Å²) in [7, 11) is 0. The molecule has 8 atom stereocenters. The van der Waals surface area contributed by atoms with Gasteiger partial charge in [-0.05, 0) is 79.5 Å². The zero-order valence-corrected chi connectivity index (χ0v) is 12.9. The molecule has 1 N–H and O–H groups in total. The van der Waals surface area contributed by atoms with Gasteiger partial charge in [0, 0.05) is 11.9 Å². The first-order valence-corrected chi connectivity index (χ1v) is 8.18. The van der Waals surface area contributed by atoms with E-state index >= 15 is 0 Å². The summed E-state index contributed by atoms with van der Waals surface area (Å²) in [5, 5.41) is 10.8. The summed E-state index contributed by atoms with van der Waals surface area (Å²) in [6.07, 6.45) is -1.55. The van der Waals surface area contributed by atoms with Gasteiger partial charge in [0.25, 0.3) is 0 Å². The van der Waals surface area contributed by atoms with E-state index in [1.807, 2.05) is 13.8 Å². The largest absolute Gasteiger partial charge is 0.393 e. The second kappa shape index (κ2) is 4.44. The summed E-state index contributed by atoms with van der Waals surface area (Å²) in [5.74, 6) is -0.121. The Labute approximate surface area is 135 Å². The molecule has 3 unspecified atom stereocenters. The molecule has 4 aliphatic rings. The van der Waals surface area contributed by atoms with E-state index in [0.29, 0.717) is 19.3 Å². The third-order valence-electron chi connectivity index (χ3n) is 6.90. The maximum Gasteiger partial charge on any atom is 0.155 e. The monoisotopic (exact) mass is 293 g/mol. The van der Waals surface area contributed by atoms with Gasteiger partial charge in [0.05, 0.1) is 7.45 Å². The molecule has 2 nitrogen and oxygen atoms in total. The lowest BCUT2D eigenvalue weighted by Gasteiger charge is -2.57. The Bertz CT molecular complexity index is 689. The molecule has 21 heavy (non-hydrogen) atoms. The Kier molecular flexibility index (Phi) is 2.01. The second-order valence-corrected chi connectivity index (χ2v) is 7.76. The minimum atomic E-state index is -2.13. The number of carbonyl (C=O) groups excluding carboxylic acids is 1. The van der Waals surface area contributed by atoms with Crippen LogP contribution >= 0.6 is 0 Å². The number of rotatable bonds is 0. The molecule has 0 amide bonds. The molecule has 4 aliphatic carbocycles. The van der Waals surface area contributed by atoms with Crippen LogP contribution in [0.3, 0.4) is 0 Å². The quantitative estimate of drug-likeness (QED) is 0.736. The van der Waals surface area contributed by atoms with E-state index in [-0.39, 0.29) is 36.4 Å². The average Bonchev–Trinajstić information content (AvgIpc) is 2.66. The van der Waals surface area contributed by atoms with Gasteiger partial charge in [0.2, 0.25) is 0 Å². The van der Waals surface area contributed by atoms with Gasteiger partial charge in [-0.25, -0.2) is 0 Å². The van der Waals surface area contributed by atoms with E-state index in [0.717, 1.165) is 5.57 Å². The van der Waals surface area contributed by atoms with Gasteiger partial charge in [-0.3, -0.25) is 4.79 Å². The number of hydrogen-bond donors (Lipinski definition) is 1. The van der Waals surface area contributed by atoms with Crippen molar-refractivity contribution in [2.24, 2.45) is 28.6 Å². The lowest BCUT2D eigenvalue weighted by Crippen LogP contribution is -2.51. The first-order chi connectivity index (χ1) is 11.9. The predicted molar refractivity (Wildman–Crippen MR) is 82.7 cm³/mol. The zero-order valence-electron chi connectivity index (χ0n) is 17.9. The van der Waals surface area contributed by atoms with Crippen molar-refractivity contribution < 1.29 is 16.8 Å². The van der Waals surface area contributed by atoms with Crippen LogP contribution in [-0.2, 0) is 4.79 Å². The van der Waals surface area contributed by atoms with E-state index in [1.54, 1.807) is 6.08 Å².